The zero-order valence-electron chi connectivity index (χ0n) is 11.5. The monoisotopic (exact) mass is 318 g/mol. The largest absolute Gasteiger partial charge is 0.494 e. The van der Waals surface area contributed by atoms with Gasteiger partial charge < -0.3 is 14.6 Å². The van der Waals surface area contributed by atoms with Crippen molar-refractivity contribution in [3.63, 3.8) is 0 Å². The van der Waals surface area contributed by atoms with Crippen molar-refractivity contribution >= 4 is 23.5 Å². The Bertz CT molecular complexity index is 491. The second kappa shape index (κ2) is 7.83. The molecule has 0 amide bonds. The molecule has 1 N–H and O–H groups in total. The summed E-state index contributed by atoms with van der Waals surface area (Å²) < 4.78 is 22.7. The Morgan fingerprint density at radius 2 is 1.95 bits per heavy atom. The number of carbonyl (C=O) groups excluding carboxylic acids is 1. The van der Waals surface area contributed by atoms with E-state index in [9.17, 15) is 14.0 Å². The third-order valence-corrected chi connectivity index (χ3v) is 3.19. The van der Waals surface area contributed by atoms with Gasteiger partial charge in [0.2, 0.25) is 4.87 Å². The molecule has 0 heterocycles. The SMILES string of the molecule is CCOC(=O)C(Cl)(CCCOc1ccc(F)cc1)C(=O)O. The standard InChI is InChI=1S/C14H16ClFO5/c1-2-20-13(19)14(15,12(17)18)8-3-9-21-11-6-4-10(16)5-7-11/h4-7H,2-3,8-9H2,1H3,(H,17,18). The lowest BCUT2D eigenvalue weighted by molar-refractivity contribution is -0.156. The molecule has 0 aromatic heterocycles. The maximum absolute atomic E-state index is 12.7. The van der Waals surface area contributed by atoms with Crippen LogP contribution in [0.1, 0.15) is 19.8 Å². The summed E-state index contributed by atoms with van der Waals surface area (Å²) in [5, 5.41) is 9.06. The van der Waals surface area contributed by atoms with Crippen molar-refractivity contribution in [1.29, 1.82) is 0 Å². The van der Waals surface area contributed by atoms with Gasteiger partial charge in [0, 0.05) is 0 Å². The van der Waals surface area contributed by atoms with Gasteiger partial charge in [-0.1, -0.05) is 11.6 Å². The van der Waals surface area contributed by atoms with E-state index in [4.69, 9.17) is 21.4 Å². The van der Waals surface area contributed by atoms with Crippen LogP contribution in [0.3, 0.4) is 0 Å². The average molecular weight is 319 g/mol. The highest BCUT2D eigenvalue weighted by Crippen LogP contribution is 2.24. The molecular formula is C14H16ClFO5. The smallest absolute Gasteiger partial charge is 0.338 e. The van der Waals surface area contributed by atoms with Crippen molar-refractivity contribution in [2.24, 2.45) is 0 Å². The molecule has 0 fully saturated rings. The first-order valence-electron chi connectivity index (χ1n) is 6.38. The maximum atomic E-state index is 12.7. The van der Waals surface area contributed by atoms with Crippen LogP contribution in [0.4, 0.5) is 4.39 Å². The molecule has 1 atom stereocenters. The summed E-state index contributed by atoms with van der Waals surface area (Å²) in [5.74, 6) is -2.37. The van der Waals surface area contributed by atoms with Crippen LogP contribution in [0, 0.1) is 5.82 Å². The van der Waals surface area contributed by atoms with Crippen molar-refractivity contribution in [2.45, 2.75) is 24.6 Å². The minimum atomic E-state index is -2.11. The number of alkyl halides is 1. The number of esters is 1. The first-order chi connectivity index (χ1) is 9.90. The van der Waals surface area contributed by atoms with Crippen molar-refractivity contribution < 1.29 is 28.6 Å². The minimum absolute atomic E-state index is 0.0483. The molecule has 1 aromatic rings. The van der Waals surface area contributed by atoms with Crippen molar-refractivity contribution in [3.8, 4) is 5.75 Å². The fourth-order valence-electron chi connectivity index (χ4n) is 1.58. The molecule has 21 heavy (non-hydrogen) atoms. The summed E-state index contributed by atoms with van der Waals surface area (Å²) in [4.78, 5) is 20.6. The number of carbonyl (C=O) groups is 2. The highest BCUT2D eigenvalue weighted by atomic mass is 35.5. The number of hydrogen-bond donors (Lipinski definition) is 1. The summed E-state index contributed by atoms with van der Waals surface area (Å²) in [5.41, 5.74) is 0. The average Bonchev–Trinajstić information content (AvgIpc) is 2.45. The van der Waals surface area contributed by atoms with Gasteiger partial charge in [0.15, 0.2) is 0 Å². The molecule has 116 valence electrons. The van der Waals surface area contributed by atoms with Gasteiger partial charge in [0.05, 0.1) is 13.2 Å². The molecule has 0 bridgehead atoms. The molecule has 5 nitrogen and oxygen atoms in total. The first-order valence-corrected chi connectivity index (χ1v) is 6.76. The van der Waals surface area contributed by atoms with Crippen molar-refractivity contribution in [3.05, 3.63) is 30.1 Å². The summed E-state index contributed by atoms with van der Waals surface area (Å²) >= 11 is 5.83. The predicted octanol–water partition coefficient (Wildman–Crippen LogP) is 2.61. The van der Waals surface area contributed by atoms with Crippen LogP contribution in [-0.2, 0) is 14.3 Å². The number of halogens is 2. The van der Waals surface area contributed by atoms with E-state index in [0.29, 0.717) is 5.75 Å². The lowest BCUT2D eigenvalue weighted by atomic mass is 10.0. The van der Waals surface area contributed by atoms with Gasteiger partial charge in [-0.15, -0.1) is 0 Å². The number of carboxylic acids is 1. The molecule has 0 aliphatic rings. The highest BCUT2D eigenvalue weighted by Gasteiger charge is 2.45. The van der Waals surface area contributed by atoms with Gasteiger partial charge in [-0.05, 0) is 44.0 Å². The van der Waals surface area contributed by atoms with E-state index < -0.39 is 16.8 Å². The second-order valence-electron chi connectivity index (χ2n) is 4.23. The second-order valence-corrected chi connectivity index (χ2v) is 4.88. The minimum Gasteiger partial charge on any atom is -0.494 e. The number of aliphatic carboxylic acids is 1. The third kappa shape index (κ3) is 4.90. The van der Waals surface area contributed by atoms with E-state index >= 15 is 0 Å². The molecule has 1 unspecified atom stereocenters. The molecule has 1 rings (SSSR count). The zero-order chi connectivity index (χ0) is 15.9. The maximum Gasteiger partial charge on any atom is 0.338 e. The van der Waals surface area contributed by atoms with Crippen LogP contribution < -0.4 is 4.74 Å². The van der Waals surface area contributed by atoms with Crippen LogP contribution in [0.5, 0.6) is 5.75 Å². The van der Waals surface area contributed by atoms with Crippen LogP contribution in [0.25, 0.3) is 0 Å². The molecule has 0 radical (unpaired) electrons. The van der Waals surface area contributed by atoms with E-state index in [2.05, 4.69) is 4.74 Å². The molecular weight excluding hydrogens is 303 g/mol. The van der Waals surface area contributed by atoms with Crippen LogP contribution >= 0.6 is 11.6 Å². The fourth-order valence-corrected chi connectivity index (χ4v) is 1.77. The van der Waals surface area contributed by atoms with E-state index in [0.717, 1.165) is 0 Å². The molecule has 0 aliphatic heterocycles. The summed E-state index contributed by atoms with van der Waals surface area (Å²) in [6.45, 7) is 1.76. The third-order valence-electron chi connectivity index (χ3n) is 2.69. The fraction of sp³-hybridized carbons (Fsp3) is 0.429. The van der Waals surface area contributed by atoms with E-state index in [1.54, 1.807) is 6.92 Å². The Hall–Kier alpha value is -1.82. The zero-order valence-corrected chi connectivity index (χ0v) is 12.2. The predicted molar refractivity (Wildman–Crippen MR) is 74.0 cm³/mol. The number of carboxylic acid groups (broad SMARTS) is 1. The van der Waals surface area contributed by atoms with Gasteiger partial charge in [-0.3, -0.25) is 0 Å². The van der Waals surface area contributed by atoms with Gasteiger partial charge in [-0.2, -0.15) is 0 Å². The Kier molecular flexibility index (Phi) is 6.42. The van der Waals surface area contributed by atoms with Gasteiger partial charge in [-0.25, -0.2) is 14.0 Å². The number of hydrogen-bond acceptors (Lipinski definition) is 4. The Morgan fingerprint density at radius 3 is 2.48 bits per heavy atom. The molecule has 0 aliphatic carbocycles. The summed E-state index contributed by atoms with van der Waals surface area (Å²) in [6, 6.07) is 5.39. The van der Waals surface area contributed by atoms with Crippen LogP contribution in [0.2, 0.25) is 0 Å². The van der Waals surface area contributed by atoms with Gasteiger partial charge in [0.25, 0.3) is 0 Å². The quantitative estimate of drug-likeness (QED) is 0.345. The van der Waals surface area contributed by atoms with E-state index in [1.807, 2.05) is 0 Å². The topological polar surface area (TPSA) is 72.8 Å². The van der Waals surface area contributed by atoms with Crippen molar-refractivity contribution in [2.75, 3.05) is 13.2 Å². The van der Waals surface area contributed by atoms with Crippen LogP contribution in [-0.4, -0.2) is 35.1 Å². The van der Waals surface area contributed by atoms with Gasteiger partial charge >= 0.3 is 11.9 Å². The van der Waals surface area contributed by atoms with E-state index in [1.165, 1.54) is 24.3 Å². The normalized spacial score (nSPS) is 13.3. The van der Waals surface area contributed by atoms with Crippen LogP contribution in [0.15, 0.2) is 24.3 Å². The van der Waals surface area contributed by atoms with Crippen molar-refractivity contribution in [1.82, 2.24) is 0 Å². The molecule has 7 heteroatoms. The van der Waals surface area contributed by atoms with Gasteiger partial charge in [0.1, 0.15) is 11.6 Å². The number of ether oxygens (including phenoxy) is 2. The molecule has 1 aromatic carbocycles. The highest BCUT2D eigenvalue weighted by molar-refractivity contribution is 6.44. The number of rotatable bonds is 8. The first kappa shape index (κ1) is 17.2. The molecule has 0 saturated carbocycles. The Labute approximate surface area is 126 Å². The lowest BCUT2D eigenvalue weighted by Gasteiger charge is -2.20. The summed E-state index contributed by atoms with van der Waals surface area (Å²) in [6.07, 6.45) is 0.0932. The summed E-state index contributed by atoms with van der Waals surface area (Å²) in [7, 11) is 0. The lowest BCUT2D eigenvalue weighted by Crippen LogP contribution is -2.42. The molecule has 0 spiro atoms. The molecule has 0 saturated heterocycles. The Morgan fingerprint density at radius 1 is 1.33 bits per heavy atom. The Balaban J connectivity index is 2.49. The number of benzene rings is 1. The van der Waals surface area contributed by atoms with E-state index in [-0.39, 0.29) is 31.9 Å².